The molecule has 0 aliphatic heterocycles. The summed E-state index contributed by atoms with van der Waals surface area (Å²) >= 11 is 5.20. The van der Waals surface area contributed by atoms with Gasteiger partial charge in [-0.25, -0.2) is 0 Å². The predicted molar refractivity (Wildman–Crippen MR) is 110 cm³/mol. The number of carbonyl (C=O) groups is 1. The van der Waals surface area contributed by atoms with Crippen molar-refractivity contribution in [3.05, 3.63) is 65.7 Å². The summed E-state index contributed by atoms with van der Waals surface area (Å²) in [7, 11) is 0. The second-order valence-electron chi connectivity index (χ2n) is 6.50. The van der Waals surface area contributed by atoms with Crippen LogP contribution in [-0.4, -0.2) is 24.2 Å². The average molecular weight is 371 g/mol. The van der Waals surface area contributed by atoms with Crippen molar-refractivity contribution in [2.45, 2.75) is 26.7 Å². The van der Waals surface area contributed by atoms with E-state index in [2.05, 4.69) is 36.6 Å². The quantitative estimate of drug-likeness (QED) is 0.691. The van der Waals surface area contributed by atoms with Crippen molar-refractivity contribution in [2.75, 3.05) is 13.2 Å². The normalized spacial score (nSPS) is 10.4. The Kier molecular flexibility index (Phi) is 8.09. The lowest BCUT2D eigenvalue weighted by molar-refractivity contribution is 0.0976. The molecule has 0 unspecified atom stereocenters. The van der Waals surface area contributed by atoms with E-state index in [0.29, 0.717) is 35.5 Å². The smallest absolute Gasteiger partial charge is 0.257 e. The molecule has 2 rings (SSSR count). The molecule has 138 valence electrons. The monoisotopic (exact) mass is 370 g/mol. The number of rotatable bonds is 8. The molecule has 1 amide bonds. The highest BCUT2D eigenvalue weighted by Crippen LogP contribution is 2.14. The van der Waals surface area contributed by atoms with E-state index in [4.69, 9.17) is 17.0 Å². The molecule has 0 fully saturated rings. The summed E-state index contributed by atoms with van der Waals surface area (Å²) in [5.41, 5.74) is 1.75. The molecule has 5 heteroatoms. The van der Waals surface area contributed by atoms with E-state index in [-0.39, 0.29) is 5.91 Å². The van der Waals surface area contributed by atoms with E-state index >= 15 is 0 Å². The van der Waals surface area contributed by atoms with Gasteiger partial charge in [0.25, 0.3) is 5.91 Å². The maximum absolute atomic E-state index is 12.3. The number of hydrogen-bond donors (Lipinski definition) is 2. The number of benzene rings is 2. The second kappa shape index (κ2) is 10.6. The third-order valence-electron chi connectivity index (χ3n) is 3.83. The minimum atomic E-state index is -0.239. The van der Waals surface area contributed by atoms with Gasteiger partial charge in [-0.3, -0.25) is 10.1 Å². The third-order valence-corrected chi connectivity index (χ3v) is 4.08. The van der Waals surface area contributed by atoms with Gasteiger partial charge in [-0.15, -0.1) is 0 Å². The summed E-state index contributed by atoms with van der Waals surface area (Å²) in [6.07, 6.45) is 1.82. The first-order chi connectivity index (χ1) is 12.5. The third kappa shape index (κ3) is 7.23. The molecule has 2 N–H and O–H groups in total. The van der Waals surface area contributed by atoms with Gasteiger partial charge in [0.2, 0.25) is 0 Å². The molecule has 0 aromatic heterocycles. The fourth-order valence-corrected chi connectivity index (χ4v) is 2.52. The second-order valence-corrected chi connectivity index (χ2v) is 6.91. The van der Waals surface area contributed by atoms with Gasteiger partial charge in [-0.05, 0) is 54.7 Å². The van der Waals surface area contributed by atoms with Crippen molar-refractivity contribution in [2.24, 2.45) is 5.92 Å². The first-order valence-electron chi connectivity index (χ1n) is 8.90. The average Bonchev–Trinajstić information content (AvgIpc) is 2.62. The number of thiocarbonyl (C=S) groups is 1. The zero-order valence-corrected chi connectivity index (χ0v) is 16.1. The van der Waals surface area contributed by atoms with Crippen LogP contribution in [-0.2, 0) is 6.42 Å². The Morgan fingerprint density at radius 2 is 1.88 bits per heavy atom. The lowest BCUT2D eigenvalue weighted by Crippen LogP contribution is -2.40. The van der Waals surface area contributed by atoms with Crippen molar-refractivity contribution in [3.63, 3.8) is 0 Å². The lowest BCUT2D eigenvalue weighted by atomic mass is 10.1. The standard InChI is InChI=1S/C21H26N2O2S/c1-16(2)12-14-25-19-10-6-9-18(15-19)20(24)23-21(26)22-13-11-17-7-4-3-5-8-17/h3-10,15-16H,11-14H2,1-2H3,(H2,22,23,24,26). The molecule has 4 nitrogen and oxygen atoms in total. The fourth-order valence-electron chi connectivity index (χ4n) is 2.32. The van der Waals surface area contributed by atoms with Crippen LogP contribution in [0.15, 0.2) is 54.6 Å². The summed E-state index contributed by atoms with van der Waals surface area (Å²) in [6, 6.07) is 17.3. The first kappa shape index (κ1) is 19.9. The zero-order chi connectivity index (χ0) is 18.8. The van der Waals surface area contributed by atoms with Crippen molar-refractivity contribution < 1.29 is 9.53 Å². The number of nitrogens with one attached hydrogen (secondary N) is 2. The van der Waals surface area contributed by atoms with Crippen molar-refractivity contribution in [3.8, 4) is 5.75 Å². The minimum Gasteiger partial charge on any atom is -0.494 e. The SMILES string of the molecule is CC(C)CCOc1cccc(C(=O)NC(=S)NCCc2ccccc2)c1. The van der Waals surface area contributed by atoms with E-state index in [0.717, 1.165) is 12.8 Å². The molecule has 0 bridgehead atoms. The van der Waals surface area contributed by atoms with Crippen LogP contribution < -0.4 is 15.4 Å². The number of amides is 1. The highest BCUT2D eigenvalue weighted by Gasteiger charge is 2.09. The molecule has 26 heavy (non-hydrogen) atoms. The molecule has 2 aromatic carbocycles. The van der Waals surface area contributed by atoms with Gasteiger partial charge in [0.15, 0.2) is 5.11 Å². The molecule has 0 atom stereocenters. The Balaban J connectivity index is 1.78. The number of hydrogen-bond acceptors (Lipinski definition) is 3. The zero-order valence-electron chi connectivity index (χ0n) is 15.3. The van der Waals surface area contributed by atoms with Crippen molar-refractivity contribution >= 4 is 23.2 Å². The van der Waals surface area contributed by atoms with Crippen LogP contribution in [0.5, 0.6) is 5.75 Å². The van der Waals surface area contributed by atoms with Gasteiger partial charge in [0.05, 0.1) is 6.61 Å². The highest BCUT2D eigenvalue weighted by atomic mass is 32.1. The molecular formula is C21H26N2O2S. The van der Waals surface area contributed by atoms with Gasteiger partial charge < -0.3 is 10.1 Å². The molecule has 0 aliphatic carbocycles. The van der Waals surface area contributed by atoms with Gasteiger partial charge in [-0.2, -0.15) is 0 Å². The molecule has 0 heterocycles. The Labute approximate surface area is 161 Å². The number of carbonyl (C=O) groups excluding carboxylic acids is 1. The van der Waals surface area contributed by atoms with Crippen LogP contribution in [0.2, 0.25) is 0 Å². The van der Waals surface area contributed by atoms with Crippen LogP contribution in [0.3, 0.4) is 0 Å². The van der Waals surface area contributed by atoms with Crippen molar-refractivity contribution in [1.29, 1.82) is 0 Å². The summed E-state index contributed by atoms with van der Waals surface area (Å²) in [6.45, 7) is 5.61. The largest absolute Gasteiger partial charge is 0.494 e. The van der Waals surface area contributed by atoms with Gasteiger partial charge in [0.1, 0.15) is 5.75 Å². The molecule has 0 aliphatic rings. The van der Waals surface area contributed by atoms with Crippen LogP contribution in [0.1, 0.15) is 36.2 Å². The van der Waals surface area contributed by atoms with Crippen LogP contribution in [0, 0.1) is 5.92 Å². The fraction of sp³-hybridized carbons (Fsp3) is 0.333. The Morgan fingerprint density at radius 1 is 1.12 bits per heavy atom. The molecule has 0 saturated carbocycles. The molecule has 0 radical (unpaired) electrons. The van der Waals surface area contributed by atoms with E-state index in [1.54, 1.807) is 12.1 Å². The Bertz CT molecular complexity index is 717. The Hall–Kier alpha value is -2.40. The van der Waals surface area contributed by atoms with E-state index in [9.17, 15) is 4.79 Å². The summed E-state index contributed by atoms with van der Waals surface area (Å²) in [5, 5.41) is 6.10. The van der Waals surface area contributed by atoms with Gasteiger partial charge >= 0.3 is 0 Å². The molecular weight excluding hydrogens is 344 g/mol. The van der Waals surface area contributed by atoms with Crippen LogP contribution in [0.25, 0.3) is 0 Å². The lowest BCUT2D eigenvalue weighted by Gasteiger charge is -2.11. The van der Waals surface area contributed by atoms with Crippen LogP contribution >= 0.6 is 12.2 Å². The topological polar surface area (TPSA) is 50.4 Å². The highest BCUT2D eigenvalue weighted by molar-refractivity contribution is 7.80. The predicted octanol–water partition coefficient (Wildman–Crippen LogP) is 3.96. The van der Waals surface area contributed by atoms with E-state index < -0.39 is 0 Å². The summed E-state index contributed by atoms with van der Waals surface area (Å²) in [5.74, 6) is 1.04. The first-order valence-corrected chi connectivity index (χ1v) is 9.31. The molecule has 0 spiro atoms. The molecule has 0 saturated heterocycles. The maximum Gasteiger partial charge on any atom is 0.257 e. The number of ether oxygens (including phenoxy) is 1. The van der Waals surface area contributed by atoms with Gasteiger partial charge in [0, 0.05) is 12.1 Å². The van der Waals surface area contributed by atoms with E-state index in [1.807, 2.05) is 30.3 Å². The summed E-state index contributed by atoms with van der Waals surface area (Å²) in [4.78, 5) is 12.3. The summed E-state index contributed by atoms with van der Waals surface area (Å²) < 4.78 is 5.70. The van der Waals surface area contributed by atoms with Crippen LogP contribution in [0.4, 0.5) is 0 Å². The maximum atomic E-state index is 12.3. The minimum absolute atomic E-state index is 0.239. The van der Waals surface area contributed by atoms with Crippen molar-refractivity contribution in [1.82, 2.24) is 10.6 Å². The Morgan fingerprint density at radius 3 is 2.62 bits per heavy atom. The van der Waals surface area contributed by atoms with E-state index in [1.165, 1.54) is 5.56 Å². The van der Waals surface area contributed by atoms with Gasteiger partial charge in [-0.1, -0.05) is 50.2 Å². The molecule has 2 aromatic rings.